The molecule has 2 heterocycles. The SMILES string of the molecule is C=Cc1cccn(C2CN(C)C2)c1=O. The van der Waals surface area contributed by atoms with Crippen LogP contribution in [0.5, 0.6) is 0 Å². The highest BCUT2D eigenvalue weighted by Crippen LogP contribution is 2.16. The van der Waals surface area contributed by atoms with Crippen LogP contribution in [-0.4, -0.2) is 29.6 Å². The van der Waals surface area contributed by atoms with Crippen molar-refractivity contribution < 1.29 is 0 Å². The minimum absolute atomic E-state index is 0.0700. The van der Waals surface area contributed by atoms with Gasteiger partial charge in [-0.2, -0.15) is 0 Å². The smallest absolute Gasteiger partial charge is 0.258 e. The fourth-order valence-electron chi connectivity index (χ4n) is 1.81. The third-order valence-corrected chi connectivity index (χ3v) is 2.66. The van der Waals surface area contributed by atoms with Crippen molar-refractivity contribution in [2.24, 2.45) is 0 Å². The summed E-state index contributed by atoms with van der Waals surface area (Å²) in [4.78, 5) is 14.0. The first-order valence-corrected chi connectivity index (χ1v) is 4.74. The number of aromatic nitrogens is 1. The monoisotopic (exact) mass is 190 g/mol. The molecule has 0 radical (unpaired) electrons. The molecule has 0 bridgehead atoms. The number of rotatable bonds is 2. The zero-order chi connectivity index (χ0) is 10.1. The van der Waals surface area contributed by atoms with Crippen molar-refractivity contribution in [2.45, 2.75) is 6.04 Å². The molecule has 1 aliphatic heterocycles. The highest BCUT2D eigenvalue weighted by molar-refractivity contribution is 5.44. The van der Waals surface area contributed by atoms with Crippen LogP contribution in [0.4, 0.5) is 0 Å². The van der Waals surface area contributed by atoms with Gasteiger partial charge in [0, 0.05) is 24.8 Å². The Labute approximate surface area is 83.3 Å². The lowest BCUT2D eigenvalue weighted by Crippen LogP contribution is -2.48. The molecule has 0 aliphatic carbocycles. The van der Waals surface area contributed by atoms with Gasteiger partial charge in [0.25, 0.3) is 5.56 Å². The van der Waals surface area contributed by atoms with Crippen LogP contribution in [-0.2, 0) is 0 Å². The summed E-state index contributed by atoms with van der Waals surface area (Å²) in [6.45, 7) is 5.54. The van der Waals surface area contributed by atoms with Crippen LogP contribution in [0.15, 0.2) is 29.7 Å². The molecule has 0 saturated carbocycles. The minimum atomic E-state index is 0.0700. The molecule has 0 spiro atoms. The molecule has 74 valence electrons. The molecule has 14 heavy (non-hydrogen) atoms. The van der Waals surface area contributed by atoms with Gasteiger partial charge in [-0.1, -0.05) is 12.7 Å². The first-order valence-electron chi connectivity index (χ1n) is 4.74. The molecule has 0 amide bonds. The van der Waals surface area contributed by atoms with Crippen molar-refractivity contribution in [1.82, 2.24) is 9.47 Å². The van der Waals surface area contributed by atoms with E-state index in [1.54, 1.807) is 16.7 Å². The zero-order valence-corrected chi connectivity index (χ0v) is 8.31. The summed E-state index contributed by atoms with van der Waals surface area (Å²) in [6, 6.07) is 4.04. The quantitative estimate of drug-likeness (QED) is 0.694. The molecule has 0 aromatic carbocycles. The Balaban J connectivity index is 2.35. The summed E-state index contributed by atoms with van der Waals surface area (Å²) in [5.41, 5.74) is 0.752. The summed E-state index contributed by atoms with van der Waals surface area (Å²) in [7, 11) is 2.05. The Morgan fingerprint density at radius 3 is 2.86 bits per heavy atom. The van der Waals surface area contributed by atoms with E-state index in [1.165, 1.54) is 0 Å². The largest absolute Gasteiger partial charge is 0.309 e. The van der Waals surface area contributed by atoms with E-state index in [0.29, 0.717) is 11.6 Å². The summed E-state index contributed by atoms with van der Waals surface area (Å²) in [5.74, 6) is 0. The number of pyridine rings is 1. The van der Waals surface area contributed by atoms with E-state index in [4.69, 9.17) is 0 Å². The van der Waals surface area contributed by atoms with Gasteiger partial charge in [0.2, 0.25) is 0 Å². The van der Waals surface area contributed by atoms with E-state index in [2.05, 4.69) is 18.5 Å². The Morgan fingerprint density at radius 2 is 2.29 bits per heavy atom. The number of likely N-dealkylation sites (N-methyl/N-ethyl adjacent to an activating group) is 1. The second-order valence-corrected chi connectivity index (χ2v) is 3.76. The van der Waals surface area contributed by atoms with Crippen LogP contribution in [0.1, 0.15) is 11.6 Å². The molecular formula is C11H14N2O. The van der Waals surface area contributed by atoms with Gasteiger partial charge < -0.3 is 9.47 Å². The highest BCUT2D eigenvalue weighted by atomic mass is 16.1. The first kappa shape index (κ1) is 9.21. The Kier molecular flexibility index (Phi) is 2.25. The highest BCUT2D eigenvalue weighted by Gasteiger charge is 2.25. The van der Waals surface area contributed by atoms with Gasteiger partial charge in [-0.3, -0.25) is 4.79 Å². The molecule has 0 atom stereocenters. The summed E-state index contributed by atoms with van der Waals surface area (Å²) in [5, 5.41) is 0. The van der Waals surface area contributed by atoms with Gasteiger partial charge in [-0.15, -0.1) is 0 Å². The molecule has 3 nitrogen and oxygen atoms in total. The van der Waals surface area contributed by atoms with Crippen molar-refractivity contribution in [2.75, 3.05) is 20.1 Å². The molecule has 1 aromatic rings. The van der Waals surface area contributed by atoms with Gasteiger partial charge in [0.05, 0.1) is 6.04 Å². The van der Waals surface area contributed by atoms with Gasteiger partial charge in [0.1, 0.15) is 0 Å². The van der Waals surface area contributed by atoms with Crippen LogP contribution in [0, 0.1) is 0 Å². The summed E-state index contributed by atoms with van der Waals surface area (Å²) in [6.07, 6.45) is 3.47. The number of likely N-dealkylation sites (tertiary alicyclic amines) is 1. The van der Waals surface area contributed by atoms with Gasteiger partial charge in [-0.05, 0) is 19.2 Å². The minimum Gasteiger partial charge on any atom is -0.309 e. The molecule has 2 rings (SSSR count). The van der Waals surface area contributed by atoms with E-state index >= 15 is 0 Å². The Morgan fingerprint density at radius 1 is 1.57 bits per heavy atom. The Bertz CT molecular complexity index is 402. The maximum absolute atomic E-state index is 11.8. The van der Waals surface area contributed by atoms with Crippen LogP contribution in [0.2, 0.25) is 0 Å². The van der Waals surface area contributed by atoms with Crippen LogP contribution in [0.3, 0.4) is 0 Å². The second kappa shape index (κ2) is 3.42. The fraction of sp³-hybridized carbons (Fsp3) is 0.364. The number of hydrogen-bond acceptors (Lipinski definition) is 2. The maximum atomic E-state index is 11.8. The van der Waals surface area contributed by atoms with Crippen LogP contribution >= 0.6 is 0 Å². The molecule has 1 fully saturated rings. The lowest BCUT2D eigenvalue weighted by Gasteiger charge is -2.37. The Hall–Kier alpha value is -1.35. The normalized spacial score (nSPS) is 17.8. The third kappa shape index (κ3) is 1.40. The van der Waals surface area contributed by atoms with Crippen LogP contribution < -0.4 is 5.56 Å². The standard InChI is InChI=1S/C11H14N2O/c1-3-9-5-4-6-13(11(9)14)10-7-12(2)8-10/h3-6,10H,1,7-8H2,2H3. The van der Waals surface area contributed by atoms with E-state index in [9.17, 15) is 4.79 Å². The zero-order valence-electron chi connectivity index (χ0n) is 8.31. The summed E-state index contributed by atoms with van der Waals surface area (Å²) >= 11 is 0. The topological polar surface area (TPSA) is 25.2 Å². The number of nitrogens with zero attached hydrogens (tertiary/aromatic N) is 2. The molecule has 1 aliphatic rings. The lowest BCUT2D eigenvalue weighted by atomic mass is 10.1. The molecule has 0 unspecified atom stereocenters. The van der Waals surface area contributed by atoms with Crippen molar-refractivity contribution in [3.63, 3.8) is 0 Å². The van der Waals surface area contributed by atoms with Crippen molar-refractivity contribution in [3.8, 4) is 0 Å². The van der Waals surface area contributed by atoms with Gasteiger partial charge in [-0.25, -0.2) is 0 Å². The molecule has 3 heteroatoms. The molecular weight excluding hydrogens is 176 g/mol. The first-order chi connectivity index (χ1) is 6.72. The molecule has 0 N–H and O–H groups in total. The third-order valence-electron chi connectivity index (χ3n) is 2.66. The van der Waals surface area contributed by atoms with E-state index < -0.39 is 0 Å². The fourth-order valence-corrected chi connectivity index (χ4v) is 1.81. The van der Waals surface area contributed by atoms with Crippen LogP contribution in [0.25, 0.3) is 6.08 Å². The average Bonchev–Trinajstić information content (AvgIpc) is 2.14. The van der Waals surface area contributed by atoms with E-state index in [-0.39, 0.29) is 5.56 Å². The predicted octanol–water partition coefficient (Wildman–Crippen LogP) is 0.978. The second-order valence-electron chi connectivity index (χ2n) is 3.76. The summed E-state index contributed by atoms with van der Waals surface area (Å²) < 4.78 is 1.80. The maximum Gasteiger partial charge on any atom is 0.258 e. The van der Waals surface area contributed by atoms with Crippen molar-refractivity contribution >= 4 is 6.08 Å². The predicted molar refractivity (Wildman–Crippen MR) is 57.3 cm³/mol. The molecule has 1 aromatic heterocycles. The van der Waals surface area contributed by atoms with Crippen molar-refractivity contribution in [1.29, 1.82) is 0 Å². The van der Waals surface area contributed by atoms with Gasteiger partial charge in [0.15, 0.2) is 0 Å². The van der Waals surface area contributed by atoms with Gasteiger partial charge >= 0.3 is 0 Å². The number of hydrogen-bond donors (Lipinski definition) is 0. The average molecular weight is 190 g/mol. The van der Waals surface area contributed by atoms with Crippen molar-refractivity contribution in [3.05, 3.63) is 40.8 Å². The van der Waals surface area contributed by atoms with E-state index in [1.807, 2.05) is 12.3 Å². The molecule has 1 saturated heterocycles. The lowest BCUT2D eigenvalue weighted by molar-refractivity contribution is 0.138. The van der Waals surface area contributed by atoms with E-state index in [0.717, 1.165) is 13.1 Å².